The van der Waals surface area contributed by atoms with E-state index in [1.165, 1.54) is 0 Å². The number of amides is 1. The molecule has 1 saturated heterocycles. The predicted molar refractivity (Wildman–Crippen MR) is 49.5 cm³/mol. The predicted octanol–water partition coefficient (Wildman–Crippen LogP) is 1.15. The Balaban J connectivity index is 2.29. The van der Waals surface area contributed by atoms with Gasteiger partial charge in [-0.1, -0.05) is 6.08 Å². The van der Waals surface area contributed by atoms with Crippen LogP contribution in [-0.2, 0) is 0 Å². The fourth-order valence-electron chi connectivity index (χ4n) is 1.29. The normalized spacial score (nSPS) is 19.2. The Morgan fingerprint density at radius 1 is 1.42 bits per heavy atom. The highest BCUT2D eigenvalue weighted by Crippen LogP contribution is 2.04. The monoisotopic (exact) mass is 188 g/mol. The molecule has 3 nitrogen and oxygen atoms in total. The number of hydrogen-bond donors (Lipinski definition) is 0. The van der Waals surface area contributed by atoms with E-state index >= 15 is 0 Å². The number of carbonyl (C=O) groups is 1. The summed E-state index contributed by atoms with van der Waals surface area (Å²) in [4.78, 5) is 14.6. The second-order valence-electron chi connectivity index (χ2n) is 2.83. The third-order valence-corrected chi connectivity index (χ3v) is 2.25. The molecule has 0 N–H and O–H groups in total. The van der Waals surface area contributed by atoms with Crippen LogP contribution in [0.15, 0.2) is 12.7 Å². The maximum atomic E-state index is 10.7. The van der Waals surface area contributed by atoms with E-state index in [1.807, 2.05) is 6.08 Å². The Labute approximate surface area is 77.6 Å². The van der Waals surface area contributed by atoms with Crippen LogP contribution in [0.5, 0.6) is 0 Å². The molecule has 0 bridgehead atoms. The molecule has 0 saturated carbocycles. The van der Waals surface area contributed by atoms with Gasteiger partial charge in [0.25, 0.3) is 0 Å². The third kappa shape index (κ3) is 2.50. The van der Waals surface area contributed by atoms with Crippen molar-refractivity contribution < 1.29 is 4.79 Å². The van der Waals surface area contributed by atoms with Crippen LogP contribution < -0.4 is 0 Å². The van der Waals surface area contributed by atoms with Crippen molar-refractivity contribution in [3.8, 4) is 0 Å². The van der Waals surface area contributed by atoms with Gasteiger partial charge in [0.1, 0.15) is 0 Å². The molecule has 12 heavy (non-hydrogen) atoms. The molecule has 1 aliphatic rings. The molecule has 0 radical (unpaired) electrons. The molecule has 0 atom stereocenters. The Morgan fingerprint density at radius 3 is 2.42 bits per heavy atom. The topological polar surface area (TPSA) is 23.6 Å². The summed E-state index contributed by atoms with van der Waals surface area (Å²) in [5, 5.41) is -0.340. The first-order valence-electron chi connectivity index (χ1n) is 4.01. The molecule has 0 aromatic rings. The van der Waals surface area contributed by atoms with Gasteiger partial charge in [0.2, 0.25) is 0 Å². The van der Waals surface area contributed by atoms with Crippen LogP contribution in [0, 0.1) is 0 Å². The van der Waals surface area contributed by atoms with Gasteiger partial charge < -0.3 is 4.90 Å². The second-order valence-corrected chi connectivity index (χ2v) is 3.15. The summed E-state index contributed by atoms with van der Waals surface area (Å²) >= 11 is 5.33. The van der Waals surface area contributed by atoms with Crippen LogP contribution in [0.1, 0.15) is 0 Å². The quantitative estimate of drug-likeness (QED) is 0.369. The molecule has 0 spiro atoms. The highest BCUT2D eigenvalue weighted by molar-refractivity contribution is 6.62. The lowest BCUT2D eigenvalue weighted by Crippen LogP contribution is -2.47. The fourth-order valence-corrected chi connectivity index (χ4v) is 1.46. The molecule has 1 heterocycles. The molecule has 0 aromatic carbocycles. The van der Waals surface area contributed by atoms with E-state index < -0.39 is 0 Å². The van der Waals surface area contributed by atoms with Crippen molar-refractivity contribution in [2.24, 2.45) is 0 Å². The maximum Gasteiger partial charge on any atom is 0.316 e. The standard InChI is InChI=1S/C8H13ClN2O/c1-2-3-10-4-6-11(7-5-10)8(9)12/h2H,1,3-7H2. The molecule has 1 rings (SSSR count). The van der Waals surface area contributed by atoms with E-state index in [4.69, 9.17) is 11.6 Å². The molecular formula is C8H13ClN2O. The summed E-state index contributed by atoms with van der Waals surface area (Å²) in [5.74, 6) is 0. The van der Waals surface area contributed by atoms with Gasteiger partial charge in [-0.3, -0.25) is 9.69 Å². The minimum Gasteiger partial charge on any atom is -0.327 e. The van der Waals surface area contributed by atoms with Crippen LogP contribution in [0.25, 0.3) is 0 Å². The number of carbonyl (C=O) groups excluding carboxylic acids is 1. The SMILES string of the molecule is C=CCN1CCN(C(=O)Cl)CC1. The molecule has 0 unspecified atom stereocenters. The van der Waals surface area contributed by atoms with Crippen LogP contribution in [0.4, 0.5) is 4.79 Å². The molecule has 0 aliphatic carbocycles. The van der Waals surface area contributed by atoms with Gasteiger partial charge in [0.15, 0.2) is 0 Å². The van der Waals surface area contributed by atoms with Gasteiger partial charge in [0, 0.05) is 32.7 Å². The summed E-state index contributed by atoms with van der Waals surface area (Å²) in [5.41, 5.74) is 0. The smallest absolute Gasteiger partial charge is 0.316 e. The lowest BCUT2D eigenvalue weighted by Gasteiger charge is -2.32. The average molecular weight is 189 g/mol. The van der Waals surface area contributed by atoms with Crippen molar-refractivity contribution in [3.05, 3.63) is 12.7 Å². The van der Waals surface area contributed by atoms with Crippen LogP contribution in [0.2, 0.25) is 0 Å². The van der Waals surface area contributed by atoms with Crippen molar-refractivity contribution in [2.45, 2.75) is 0 Å². The minimum atomic E-state index is -0.340. The maximum absolute atomic E-state index is 10.7. The van der Waals surface area contributed by atoms with Gasteiger partial charge in [-0.15, -0.1) is 6.58 Å². The molecule has 4 heteroatoms. The van der Waals surface area contributed by atoms with Crippen molar-refractivity contribution in [1.82, 2.24) is 9.80 Å². The van der Waals surface area contributed by atoms with E-state index in [9.17, 15) is 4.79 Å². The first-order chi connectivity index (χ1) is 5.74. The molecule has 1 aliphatic heterocycles. The summed E-state index contributed by atoms with van der Waals surface area (Å²) in [7, 11) is 0. The summed E-state index contributed by atoms with van der Waals surface area (Å²) < 4.78 is 0. The Kier molecular flexibility index (Phi) is 3.56. The van der Waals surface area contributed by atoms with E-state index in [-0.39, 0.29) is 5.37 Å². The van der Waals surface area contributed by atoms with Crippen molar-refractivity contribution in [3.63, 3.8) is 0 Å². The Bertz CT molecular complexity index is 176. The number of halogens is 1. The van der Waals surface area contributed by atoms with Crippen LogP contribution >= 0.6 is 11.6 Å². The first kappa shape index (κ1) is 9.55. The van der Waals surface area contributed by atoms with Crippen LogP contribution in [0.3, 0.4) is 0 Å². The Morgan fingerprint density at radius 2 is 2.00 bits per heavy atom. The van der Waals surface area contributed by atoms with Gasteiger partial charge in [-0.25, -0.2) is 0 Å². The molecular weight excluding hydrogens is 176 g/mol. The van der Waals surface area contributed by atoms with Crippen molar-refractivity contribution in [2.75, 3.05) is 32.7 Å². The number of piperazine rings is 1. The van der Waals surface area contributed by atoms with E-state index in [1.54, 1.807) is 4.90 Å². The zero-order chi connectivity index (χ0) is 8.97. The summed E-state index contributed by atoms with van der Waals surface area (Å²) in [6.07, 6.45) is 1.87. The lowest BCUT2D eigenvalue weighted by molar-refractivity contribution is 0.162. The minimum absolute atomic E-state index is 0.340. The number of nitrogens with zero attached hydrogens (tertiary/aromatic N) is 2. The van der Waals surface area contributed by atoms with Crippen LogP contribution in [-0.4, -0.2) is 47.9 Å². The van der Waals surface area contributed by atoms with Crippen molar-refractivity contribution >= 4 is 17.0 Å². The molecule has 1 amide bonds. The number of hydrogen-bond acceptors (Lipinski definition) is 2. The van der Waals surface area contributed by atoms with Crippen molar-refractivity contribution in [1.29, 1.82) is 0 Å². The molecule has 1 fully saturated rings. The zero-order valence-corrected chi connectivity index (χ0v) is 7.76. The average Bonchev–Trinajstić information content (AvgIpc) is 2.06. The highest BCUT2D eigenvalue weighted by Gasteiger charge is 2.18. The summed E-state index contributed by atoms with van der Waals surface area (Å²) in [6, 6.07) is 0. The molecule has 0 aromatic heterocycles. The van der Waals surface area contributed by atoms with Gasteiger partial charge in [0.05, 0.1) is 0 Å². The van der Waals surface area contributed by atoms with E-state index in [0.29, 0.717) is 0 Å². The first-order valence-corrected chi connectivity index (χ1v) is 4.39. The summed E-state index contributed by atoms with van der Waals surface area (Å²) in [6.45, 7) is 7.81. The lowest BCUT2D eigenvalue weighted by atomic mass is 10.3. The van der Waals surface area contributed by atoms with Gasteiger partial charge >= 0.3 is 5.37 Å². The fraction of sp³-hybridized carbons (Fsp3) is 0.625. The zero-order valence-electron chi connectivity index (χ0n) is 7.00. The molecule has 68 valence electrons. The van der Waals surface area contributed by atoms with E-state index in [2.05, 4.69) is 11.5 Å². The highest BCUT2D eigenvalue weighted by atomic mass is 35.5. The third-order valence-electron chi connectivity index (χ3n) is 2.01. The van der Waals surface area contributed by atoms with E-state index in [0.717, 1.165) is 32.7 Å². The van der Waals surface area contributed by atoms with Gasteiger partial charge in [-0.05, 0) is 11.6 Å². The second kappa shape index (κ2) is 4.48. The van der Waals surface area contributed by atoms with Gasteiger partial charge in [-0.2, -0.15) is 0 Å². The largest absolute Gasteiger partial charge is 0.327 e. The number of rotatable bonds is 2. The Hall–Kier alpha value is -0.540.